The molecule has 0 aliphatic heterocycles. The highest BCUT2D eigenvalue weighted by Crippen LogP contribution is 2.33. The molecule has 0 unspecified atom stereocenters. The SMILES string of the molecule is Cn1ccc(-c2nc(=S)cc(C3CCCC3)[nH]2)n1. The zero-order valence-corrected chi connectivity index (χ0v) is 11.2. The molecule has 2 heterocycles. The van der Waals surface area contributed by atoms with Gasteiger partial charge in [-0.05, 0) is 30.9 Å². The molecule has 0 atom stereocenters. The molecule has 3 rings (SSSR count). The lowest BCUT2D eigenvalue weighted by molar-refractivity contribution is 0.693. The van der Waals surface area contributed by atoms with E-state index < -0.39 is 0 Å². The Balaban J connectivity index is 2.02. The van der Waals surface area contributed by atoms with Crippen LogP contribution in [0.4, 0.5) is 0 Å². The molecule has 1 fully saturated rings. The van der Waals surface area contributed by atoms with Crippen molar-refractivity contribution in [3.63, 3.8) is 0 Å². The van der Waals surface area contributed by atoms with Crippen LogP contribution in [0.3, 0.4) is 0 Å². The molecule has 0 spiro atoms. The molecule has 0 radical (unpaired) electrons. The van der Waals surface area contributed by atoms with Gasteiger partial charge >= 0.3 is 0 Å². The Kier molecular flexibility index (Phi) is 2.99. The Bertz CT molecular complexity index is 607. The quantitative estimate of drug-likeness (QED) is 0.843. The van der Waals surface area contributed by atoms with Gasteiger partial charge in [0.05, 0.1) is 0 Å². The van der Waals surface area contributed by atoms with Gasteiger partial charge in [-0.15, -0.1) is 0 Å². The maximum atomic E-state index is 5.26. The smallest absolute Gasteiger partial charge is 0.159 e. The summed E-state index contributed by atoms with van der Waals surface area (Å²) in [5.74, 6) is 1.39. The molecule has 1 aliphatic carbocycles. The second-order valence-electron chi connectivity index (χ2n) is 4.88. The number of nitrogens with one attached hydrogen (secondary N) is 1. The van der Waals surface area contributed by atoms with Gasteiger partial charge < -0.3 is 4.98 Å². The summed E-state index contributed by atoms with van der Waals surface area (Å²) >= 11 is 5.26. The van der Waals surface area contributed by atoms with E-state index in [-0.39, 0.29) is 0 Å². The third-order valence-corrected chi connectivity index (χ3v) is 3.72. The number of hydrogen-bond acceptors (Lipinski definition) is 3. The summed E-state index contributed by atoms with van der Waals surface area (Å²) in [6.45, 7) is 0. The number of aromatic amines is 1. The van der Waals surface area contributed by atoms with Crippen LogP contribution in [-0.2, 0) is 7.05 Å². The van der Waals surface area contributed by atoms with Crippen molar-refractivity contribution in [3.05, 3.63) is 28.7 Å². The predicted octanol–water partition coefficient (Wildman–Crippen LogP) is 3.20. The van der Waals surface area contributed by atoms with Crippen molar-refractivity contribution < 1.29 is 0 Å². The molecule has 1 N–H and O–H groups in total. The van der Waals surface area contributed by atoms with Crippen LogP contribution in [-0.4, -0.2) is 19.7 Å². The lowest BCUT2D eigenvalue weighted by Gasteiger charge is -2.10. The summed E-state index contributed by atoms with van der Waals surface area (Å²) in [7, 11) is 1.90. The summed E-state index contributed by atoms with van der Waals surface area (Å²) < 4.78 is 2.42. The van der Waals surface area contributed by atoms with E-state index in [1.807, 2.05) is 25.4 Å². The fraction of sp³-hybridized carbons (Fsp3) is 0.462. The van der Waals surface area contributed by atoms with E-state index in [2.05, 4.69) is 15.1 Å². The van der Waals surface area contributed by atoms with Gasteiger partial charge in [0.2, 0.25) is 0 Å². The lowest BCUT2D eigenvalue weighted by Crippen LogP contribution is -2.01. The van der Waals surface area contributed by atoms with Crippen molar-refractivity contribution in [1.29, 1.82) is 0 Å². The Morgan fingerprint density at radius 2 is 2.17 bits per heavy atom. The molecule has 0 aromatic carbocycles. The van der Waals surface area contributed by atoms with Gasteiger partial charge in [-0.3, -0.25) is 4.68 Å². The third kappa shape index (κ3) is 2.22. The first-order valence-corrected chi connectivity index (χ1v) is 6.74. The first kappa shape index (κ1) is 11.6. The summed E-state index contributed by atoms with van der Waals surface area (Å²) in [5.41, 5.74) is 2.07. The second-order valence-corrected chi connectivity index (χ2v) is 5.30. The van der Waals surface area contributed by atoms with Crippen LogP contribution in [0.25, 0.3) is 11.5 Å². The average molecular weight is 260 g/mol. The van der Waals surface area contributed by atoms with Crippen molar-refractivity contribution >= 4 is 12.2 Å². The van der Waals surface area contributed by atoms with Crippen LogP contribution in [0.5, 0.6) is 0 Å². The van der Waals surface area contributed by atoms with Gasteiger partial charge in [0, 0.05) is 18.9 Å². The zero-order chi connectivity index (χ0) is 12.5. The summed E-state index contributed by atoms with van der Waals surface area (Å²) in [4.78, 5) is 7.78. The molecule has 1 saturated carbocycles. The molecular formula is C13H16N4S. The second kappa shape index (κ2) is 4.65. The maximum Gasteiger partial charge on any atom is 0.159 e. The van der Waals surface area contributed by atoms with E-state index in [1.165, 1.54) is 31.4 Å². The van der Waals surface area contributed by atoms with Gasteiger partial charge in [0.25, 0.3) is 0 Å². The Labute approximate surface area is 111 Å². The van der Waals surface area contributed by atoms with E-state index in [1.54, 1.807) is 4.68 Å². The minimum atomic E-state index is 0.608. The van der Waals surface area contributed by atoms with Gasteiger partial charge in [-0.2, -0.15) is 5.10 Å². The Morgan fingerprint density at radius 1 is 1.39 bits per heavy atom. The van der Waals surface area contributed by atoms with Crippen LogP contribution < -0.4 is 0 Å². The van der Waals surface area contributed by atoms with Crippen LogP contribution in [0, 0.1) is 4.64 Å². The van der Waals surface area contributed by atoms with Gasteiger partial charge in [0.1, 0.15) is 10.3 Å². The standard InChI is InChI=1S/C13H16N4S/c1-17-7-6-10(16-17)13-14-11(8-12(18)15-13)9-4-2-3-5-9/h6-9H,2-5H2,1H3,(H,14,15,18). The summed E-state index contributed by atoms with van der Waals surface area (Å²) in [6.07, 6.45) is 7.03. The van der Waals surface area contributed by atoms with E-state index in [0.717, 1.165) is 11.5 Å². The maximum absolute atomic E-state index is 5.26. The molecule has 2 aromatic heterocycles. The molecule has 94 valence electrons. The van der Waals surface area contributed by atoms with E-state index in [0.29, 0.717) is 10.6 Å². The topological polar surface area (TPSA) is 46.5 Å². The van der Waals surface area contributed by atoms with Crippen LogP contribution in [0.1, 0.15) is 37.3 Å². The lowest BCUT2D eigenvalue weighted by atomic mass is 10.0. The number of H-pyrrole nitrogens is 1. The Morgan fingerprint density at radius 3 is 2.83 bits per heavy atom. The van der Waals surface area contributed by atoms with Crippen molar-refractivity contribution in [2.75, 3.05) is 0 Å². The number of aromatic nitrogens is 4. The molecule has 2 aromatic rings. The van der Waals surface area contributed by atoms with Crippen molar-refractivity contribution in [2.45, 2.75) is 31.6 Å². The molecule has 0 amide bonds. The number of aryl methyl sites for hydroxylation is 1. The molecular weight excluding hydrogens is 244 g/mol. The van der Waals surface area contributed by atoms with Crippen molar-refractivity contribution in [2.24, 2.45) is 7.05 Å². The fourth-order valence-electron chi connectivity index (χ4n) is 2.60. The third-order valence-electron chi connectivity index (χ3n) is 3.51. The van der Waals surface area contributed by atoms with Crippen LogP contribution in [0.15, 0.2) is 18.3 Å². The van der Waals surface area contributed by atoms with Gasteiger partial charge in [0.15, 0.2) is 5.82 Å². The number of nitrogens with zero attached hydrogens (tertiary/aromatic N) is 3. The minimum Gasteiger partial charge on any atom is -0.342 e. The van der Waals surface area contributed by atoms with Crippen molar-refractivity contribution in [3.8, 4) is 11.5 Å². The molecule has 1 aliphatic rings. The van der Waals surface area contributed by atoms with E-state index in [9.17, 15) is 0 Å². The molecule has 18 heavy (non-hydrogen) atoms. The zero-order valence-electron chi connectivity index (χ0n) is 10.4. The average Bonchev–Trinajstić information content (AvgIpc) is 2.98. The minimum absolute atomic E-state index is 0.608. The van der Waals surface area contributed by atoms with E-state index >= 15 is 0 Å². The largest absolute Gasteiger partial charge is 0.342 e. The number of rotatable bonds is 2. The molecule has 0 saturated heterocycles. The summed E-state index contributed by atoms with van der Waals surface area (Å²) in [5, 5.41) is 4.37. The number of hydrogen-bond donors (Lipinski definition) is 1. The monoisotopic (exact) mass is 260 g/mol. The first-order valence-electron chi connectivity index (χ1n) is 6.33. The van der Waals surface area contributed by atoms with Gasteiger partial charge in [-0.1, -0.05) is 25.1 Å². The predicted molar refractivity (Wildman–Crippen MR) is 72.8 cm³/mol. The highest BCUT2D eigenvalue weighted by molar-refractivity contribution is 7.71. The first-order chi connectivity index (χ1) is 8.72. The normalized spacial score (nSPS) is 16.3. The van der Waals surface area contributed by atoms with E-state index in [4.69, 9.17) is 12.2 Å². The molecule has 4 nitrogen and oxygen atoms in total. The van der Waals surface area contributed by atoms with Gasteiger partial charge in [-0.25, -0.2) is 4.98 Å². The van der Waals surface area contributed by atoms with Crippen molar-refractivity contribution in [1.82, 2.24) is 19.7 Å². The highest BCUT2D eigenvalue weighted by Gasteiger charge is 2.18. The highest BCUT2D eigenvalue weighted by atomic mass is 32.1. The molecule has 5 heteroatoms. The van der Waals surface area contributed by atoms with Crippen LogP contribution >= 0.6 is 12.2 Å². The molecule has 0 bridgehead atoms. The Hall–Kier alpha value is -1.49. The summed E-state index contributed by atoms with van der Waals surface area (Å²) in [6, 6.07) is 3.95. The van der Waals surface area contributed by atoms with Crippen LogP contribution in [0.2, 0.25) is 0 Å². The fourth-order valence-corrected chi connectivity index (χ4v) is 2.81.